The highest BCUT2D eigenvalue weighted by Gasteiger charge is 2.35. The molecule has 4 heterocycles. The molecule has 4 aromatic rings. The van der Waals surface area contributed by atoms with E-state index in [9.17, 15) is 14.4 Å². The van der Waals surface area contributed by atoms with E-state index in [1.165, 1.54) is 19.4 Å². The summed E-state index contributed by atoms with van der Waals surface area (Å²) in [6.45, 7) is 0.694. The lowest BCUT2D eigenvalue weighted by Gasteiger charge is -2.38. The molecule has 0 radical (unpaired) electrons. The first kappa shape index (κ1) is 29.5. The van der Waals surface area contributed by atoms with Gasteiger partial charge in [-0.25, -0.2) is 4.68 Å². The van der Waals surface area contributed by atoms with Crippen LogP contribution in [0.2, 0.25) is 0 Å². The van der Waals surface area contributed by atoms with Crippen LogP contribution in [0.1, 0.15) is 32.7 Å². The zero-order valence-electron chi connectivity index (χ0n) is 24.9. The number of nitrogens with zero attached hydrogens (tertiary/aromatic N) is 3. The molecule has 12 heteroatoms. The monoisotopic (exact) mass is 611 g/mol. The lowest BCUT2D eigenvalue weighted by Crippen LogP contribution is -2.58. The standard InChI is InChI=1S/C33H33N5O7/c1-42-28-6-4-3-5-26(28)38-18-23(17-35-38)33(41)37-14-13-27-25(19-37)36-32(40)22-9-12-29(43-2)30(15-22)44-20-31(39)34-16-21-7-10-24(45-27)11-8-21/h3-12,15,17-18,25,27H,13-14,16,19-20H2,1-2H3,(H,34,39)(H,36,40)/t25-,27+/m0/s1. The van der Waals surface area contributed by atoms with Gasteiger partial charge >= 0.3 is 0 Å². The first-order valence-corrected chi connectivity index (χ1v) is 14.5. The second kappa shape index (κ2) is 13.0. The summed E-state index contributed by atoms with van der Waals surface area (Å²) in [5, 5.41) is 10.3. The minimum absolute atomic E-state index is 0.213. The van der Waals surface area contributed by atoms with Gasteiger partial charge < -0.3 is 34.5 Å². The van der Waals surface area contributed by atoms with Crippen molar-refractivity contribution in [3.05, 3.63) is 95.8 Å². The molecule has 0 unspecified atom stereocenters. The van der Waals surface area contributed by atoms with Gasteiger partial charge in [0.1, 0.15) is 23.3 Å². The smallest absolute Gasteiger partial charge is 0.258 e. The van der Waals surface area contributed by atoms with Crippen molar-refractivity contribution in [2.45, 2.75) is 25.1 Å². The molecule has 0 aliphatic carbocycles. The summed E-state index contributed by atoms with van der Waals surface area (Å²) in [4.78, 5) is 41.4. The van der Waals surface area contributed by atoms with Crippen LogP contribution in [-0.4, -0.2) is 78.5 Å². The number of amides is 3. The molecule has 45 heavy (non-hydrogen) atoms. The van der Waals surface area contributed by atoms with Crippen LogP contribution in [-0.2, 0) is 11.3 Å². The van der Waals surface area contributed by atoms with E-state index in [0.717, 1.165) is 5.56 Å². The molecule has 1 aromatic heterocycles. The van der Waals surface area contributed by atoms with E-state index in [1.807, 2.05) is 48.5 Å². The molecule has 3 amide bonds. The summed E-state index contributed by atoms with van der Waals surface area (Å²) in [6, 6.07) is 19.0. The van der Waals surface area contributed by atoms with Crippen LogP contribution in [0.15, 0.2) is 79.1 Å². The lowest BCUT2D eigenvalue weighted by molar-refractivity contribution is -0.123. The topological polar surface area (TPSA) is 133 Å². The third kappa shape index (κ3) is 6.54. The van der Waals surface area contributed by atoms with Gasteiger partial charge in [-0.2, -0.15) is 5.10 Å². The summed E-state index contributed by atoms with van der Waals surface area (Å²) >= 11 is 0. The van der Waals surface area contributed by atoms with Crippen molar-refractivity contribution in [3.8, 4) is 28.7 Å². The maximum absolute atomic E-state index is 13.7. The van der Waals surface area contributed by atoms with Crippen molar-refractivity contribution in [1.82, 2.24) is 25.3 Å². The van der Waals surface area contributed by atoms with Gasteiger partial charge in [0.15, 0.2) is 18.1 Å². The van der Waals surface area contributed by atoms with Crippen molar-refractivity contribution in [1.29, 1.82) is 0 Å². The van der Waals surface area contributed by atoms with E-state index >= 15 is 0 Å². The van der Waals surface area contributed by atoms with E-state index in [2.05, 4.69) is 15.7 Å². The number of carbonyl (C=O) groups is 3. The number of methoxy groups -OCH3 is 2. The van der Waals surface area contributed by atoms with Gasteiger partial charge in [-0.05, 0) is 48.0 Å². The van der Waals surface area contributed by atoms with Gasteiger partial charge in [0, 0.05) is 37.8 Å². The lowest BCUT2D eigenvalue weighted by atomic mass is 10.00. The quantitative estimate of drug-likeness (QED) is 0.360. The number of aromatic nitrogens is 2. The highest BCUT2D eigenvalue weighted by molar-refractivity contribution is 5.96. The molecule has 3 aromatic carbocycles. The average molecular weight is 612 g/mol. The van der Waals surface area contributed by atoms with Gasteiger partial charge in [0.2, 0.25) is 0 Å². The zero-order valence-corrected chi connectivity index (χ0v) is 24.9. The Kier molecular flexibility index (Phi) is 8.54. The number of likely N-dealkylation sites (tertiary alicyclic amines) is 1. The fourth-order valence-corrected chi connectivity index (χ4v) is 5.40. The van der Waals surface area contributed by atoms with Crippen LogP contribution in [0.25, 0.3) is 5.69 Å². The Morgan fingerprint density at radius 1 is 1.00 bits per heavy atom. The predicted molar refractivity (Wildman–Crippen MR) is 163 cm³/mol. The number of para-hydroxylation sites is 2. The normalized spacial score (nSPS) is 18.4. The Bertz CT molecular complexity index is 1700. The number of hydrogen-bond donors (Lipinski definition) is 2. The molecule has 7 rings (SSSR count). The fourth-order valence-electron chi connectivity index (χ4n) is 5.40. The number of carbonyl (C=O) groups excluding carboxylic acids is 3. The van der Waals surface area contributed by atoms with Crippen molar-refractivity contribution < 1.29 is 33.3 Å². The fraction of sp³-hybridized carbons (Fsp3) is 0.273. The first-order chi connectivity index (χ1) is 21.9. The number of nitrogens with one attached hydrogen (secondary N) is 2. The summed E-state index contributed by atoms with van der Waals surface area (Å²) in [5.74, 6) is 0.973. The minimum Gasteiger partial charge on any atom is -0.494 e. The average Bonchev–Trinajstić information content (AvgIpc) is 3.57. The van der Waals surface area contributed by atoms with Gasteiger partial charge in [0.25, 0.3) is 17.7 Å². The summed E-state index contributed by atoms with van der Waals surface area (Å²) in [5.41, 5.74) is 2.31. The molecule has 232 valence electrons. The number of hydrogen-bond acceptors (Lipinski definition) is 8. The molecule has 2 N–H and O–H groups in total. The number of rotatable bonds is 4. The Balaban J connectivity index is 1.26. The SMILES string of the molecule is COc1ccc2cc1OCC(=O)NCc1ccc(cc1)O[C@@H]1CCN(C(=O)c3cnn(-c4ccccc4OC)c3)C[C@@H]1NC2=O. The molecule has 1 saturated heterocycles. The second-order valence-electron chi connectivity index (χ2n) is 10.7. The molecule has 3 aliphatic heterocycles. The largest absolute Gasteiger partial charge is 0.494 e. The molecule has 2 atom stereocenters. The van der Waals surface area contributed by atoms with Crippen LogP contribution in [0.5, 0.6) is 23.0 Å². The van der Waals surface area contributed by atoms with Gasteiger partial charge in [0.05, 0.1) is 32.0 Å². The summed E-state index contributed by atoms with van der Waals surface area (Å²) < 4.78 is 24.5. The van der Waals surface area contributed by atoms with Crippen LogP contribution >= 0.6 is 0 Å². The van der Waals surface area contributed by atoms with Crippen LogP contribution in [0.3, 0.4) is 0 Å². The summed E-state index contributed by atoms with van der Waals surface area (Å²) in [6.07, 6.45) is 3.26. The van der Waals surface area contributed by atoms with Crippen molar-refractivity contribution in [2.75, 3.05) is 33.9 Å². The van der Waals surface area contributed by atoms with Crippen molar-refractivity contribution >= 4 is 17.7 Å². The molecule has 12 nitrogen and oxygen atoms in total. The minimum atomic E-state index is -0.537. The van der Waals surface area contributed by atoms with Gasteiger partial charge in [-0.1, -0.05) is 24.3 Å². The number of benzene rings is 3. The predicted octanol–water partition coefficient (Wildman–Crippen LogP) is 2.99. The number of piperidine rings is 1. The molecule has 0 spiro atoms. The number of ether oxygens (including phenoxy) is 4. The molecule has 3 aliphatic rings. The van der Waals surface area contributed by atoms with E-state index in [0.29, 0.717) is 53.6 Å². The van der Waals surface area contributed by atoms with Crippen LogP contribution in [0, 0.1) is 0 Å². The number of fused-ring (bicyclic) bond motifs is 7. The second-order valence-corrected chi connectivity index (χ2v) is 10.7. The highest BCUT2D eigenvalue weighted by atomic mass is 16.5. The van der Waals surface area contributed by atoms with E-state index in [4.69, 9.17) is 18.9 Å². The van der Waals surface area contributed by atoms with E-state index in [-0.39, 0.29) is 36.6 Å². The van der Waals surface area contributed by atoms with Crippen molar-refractivity contribution in [2.24, 2.45) is 0 Å². The molecular weight excluding hydrogens is 578 g/mol. The van der Waals surface area contributed by atoms with E-state index < -0.39 is 12.1 Å². The maximum atomic E-state index is 13.7. The highest BCUT2D eigenvalue weighted by Crippen LogP contribution is 2.29. The maximum Gasteiger partial charge on any atom is 0.258 e. The third-order valence-electron chi connectivity index (χ3n) is 7.80. The molecule has 4 bridgehead atoms. The zero-order chi connectivity index (χ0) is 31.3. The molecular formula is C33H33N5O7. The van der Waals surface area contributed by atoms with Gasteiger partial charge in [-0.3, -0.25) is 14.4 Å². The third-order valence-corrected chi connectivity index (χ3v) is 7.80. The molecule has 0 saturated carbocycles. The van der Waals surface area contributed by atoms with Crippen LogP contribution in [0.4, 0.5) is 0 Å². The Hall–Kier alpha value is -5.52. The molecule has 1 fully saturated rings. The van der Waals surface area contributed by atoms with E-state index in [1.54, 1.807) is 35.0 Å². The van der Waals surface area contributed by atoms with Crippen molar-refractivity contribution in [3.63, 3.8) is 0 Å². The summed E-state index contributed by atoms with van der Waals surface area (Å²) in [7, 11) is 3.06. The Morgan fingerprint density at radius 3 is 2.60 bits per heavy atom. The van der Waals surface area contributed by atoms with Crippen LogP contribution < -0.4 is 29.6 Å². The Morgan fingerprint density at radius 2 is 1.80 bits per heavy atom. The van der Waals surface area contributed by atoms with Gasteiger partial charge in [-0.15, -0.1) is 0 Å². The Labute approximate surface area is 259 Å². The first-order valence-electron chi connectivity index (χ1n) is 14.5.